The summed E-state index contributed by atoms with van der Waals surface area (Å²) < 4.78 is 19.4. The number of fused-ring (bicyclic) bond motifs is 1. The molecule has 2 aliphatic rings. The predicted octanol–water partition coefficient (Wildman–Crippen LogP) is 5.22. The van der Waals surface area contributed by atoms with Gasteiger partial charge in [0.2, 0.25) is 11.8 Å². The van der Waals surface area contributed by atoms with Gasteiger partial charge in [0, 0.05) is 61.9 Å². The van der Waals surface area contributed by atoms with Gasteiger partial charge in [0.05, 0.1) is 39.0 Å². The lowest BCUT2D eigenvalue weighted by molar-refractivity contribution is -0.136. The third-order valence-electron chi connectivity index (χ3n) is 11.0. The Balaban J connectivity index is 0.712. The van der Waals surface area contributed by atoms with Gasteiger partial charge in [0.1, 0.15) is 23.8 Å². The number of anilines is 2. The molecule has 2 aliphatic heterocycles. The Kier molecular flexibility index (Phi) is 15.4. The van der Waals surface area contributed by atoms with Crippen molar-refractivity contribution in [3.05, 3.63) is 113 Å². The standard InChI is InChI=1S/C46H54N10O7/c1-31(51-44(58)33-10-7-11-35(25-33)49-28-41-53-54-43(55(41)2)39-17-18-47-30-50-39)32-9-8-12-37(27-32)63-21-6-4-3-5-20-61-23-24-62-22-19-48-36-13-14-38-34(26-36)29-56(46(38)60)40-15-16-42(57)52-45(40)59/h7-14,17-18,25-27,30-31,40,48-49H,3-6,15-16,19-24,28-29H2,1-2H3,(H,51,58)(H,52,57,59)/t31-,40?/m1/s1. The van der Waals surface area contributed by atoms with Gasteiger partial charge in [-0.3, -0.25) is 24.5 Å². The zero-order chi connectivity index (χ0) is 44.0. The summed E-state index contributed by atoms with van der Waals surface area (Å²) in [6.45, 7) is 6.12. The topological polar surface area (TPSA) is 204 Å². The molecule has 0 spiro atoms. The highest BCUT2D eigenvalue weighted by Crippen LogP contribution is 2.29. The number of imide groups is 1. The Morgan fingerprint density at radius 2 is 1.68 bits per heavy atom. The number of rotatable bonds is 23. The minimum atomic E-state index is -0.623. The minimum Gasteiger partial charge on any atom is -0.494 e. The Morgan fingerprint density at radius 1 is 0.873 bits per heavy atom. The van der Waals surface area contributed by atoms with Crippen LogP contribution in [0.25, 0.3) is 11.5 Å². The van der Waals surface area contributed by atoms with Crippen molar-refractivity contribution in [3.8, 4) is 17.3 Å². The fourth-order valence-corrected chi connectivity index (χ4v) is 7.47. The van der Waals surface area contributed by atoms with Crippen molar-refractivity contribution < 1.29 is 33.4 Å². The first-order valence-electron chi connectivity index (χ1n) is 21.4. The van der Waals surface area contributed by atoms with Crippen molar-refractivity contribution in [1.82, 2.24) is 40.3 Å². The van der Waals surface area contributed by atoms with Crippen LogP contribution in [0.15, 0.2) is 85.3 Å². The lowest BCUT2D eigenvalue weighted by atomic mass is 10.0. The van der Waals surface area contributed by atoms with E-state index in [1.54, 1.807) is 29.3 Å². The smallest absolute Gasteiger partial charge is 0.255 e. The average molecular weight is 859 g/mol. The number of aromatic nitrogens is 5. The third kappa shape index (κ3) is 12.0. The van der Waals surface area contributed by atoms with Crippen molar-refractivity contribution in [2.24, 2.45) is 7.05 Å². The van der Waals surface area contributed by atoms with Crippen LogP contribution in [0.5, 0.6) is 5.75 Å². The summed E-state index contributed by atoms with van der Waals surface area (Å²) in [5.74, 6) is 1.07. The van der Waals surface area contributed by atoms with E-state index >= 15 is 0 Å². The van der Waals surface area contributed by atoms with Crippen LogP contribution in [0.2, 0.25) is 0 Å². The van der Waals surface area contributed by atoms with Gasteiger partial charge in [0.15, 0.2) is 11.6 Å². The van der Waals surface area contributed by atoms with Crippen molar-refractivity contribution in [2.75, 3.05) is 50.2 Å². The first-order valence-corrected chi connectivity index (χ1v) is 21.4. The van der Waals surface area contributed by atoms with Crippen LogP contribution in [-0.4, -0.2) is 98.9 Å². The summed E-state index contributed by atoms with van der Waals surface area (Å²) in [6.07, 6.45) is 7.67. The number of carbonyl (C=O) groups excluding carboxylic acids is 4. The van der Waals surface area contributed by atoms with Crippen molar-refractivity contribution >= 4 is 35.0 Å². The van der Waals surface area contributed by atoms with E-state index in [0.717, 1.165) is 59.8 Å². The maximum atomic E-state index is 13.2. The first kappa shape index (κ1) is 44.3. The molecule has 17 nitrogen and oxygen atoms in total. The first-order chi connectivity index (χ1) is 30.7. The molecule has 3 aromatic carbocycles. The van der Waals surface area contributed by atoms with Crippen LogP contribution in [0.1, 0.15) is 89.2 Å². The number of benzene rings is 3. The number of amides is 4. The third-order valence-corrected chi connectivity index (χ3v) is 11.0. The molecule has 0 radical (unpaired) electrons. The normalized spacial score (nSPS) is 15.2. The second-order valence-corrected chi connectivity index (χ2v) is 15.5. The van der Waals surface area contributed by atoms with Gasteiger partial charge in [-0.25, -0.2) is 9.97 Å². The number of nitrogens with zero attached hydrogens (tertiary/aromatic N) is 6. The molecule has 0 bridgehead atoms. The number of hydrogen-bond acceptors (Lipinski definition) is 13. The van der Waals surface area contributed by atoms with Gasteiger partial charge in [0.25, 0.3) is 11.8 Å². The molecule has 1 saturated heterocycles. The SMILES string of the molecule is C[C@@H](NC(=O)c1cccc(NCc2nnc(-c3ccncn3)n2C)c1)c1cccc(OCCCCCCOCCOCCNc2ccc3c(c2)CN(C2CCC(=O)NC2=O)C3=O)c1. The maximum absolute atomic E-state index is 13.2. The molecule has 0 aliphatic carbocycles. The molecule has 0 saturated carbocycles. The van der Waals surface area contributed by atoms with Crippen LogP contribution in [0, 0.1) is 0 Å². The Bertz CT molecular complexity index is 2360. The molecule has 7 rings (SSSR count). The number of nitrogens with one attached hydrogen (secondary N) is 4. The van der Waals surface area contributed by atoms with Crippen LogP contribution in [0.4, 0.5) is 11.4 Å². The molecule has 330 valence electrons. The van der Waals surface area contributed by atoms with Crippen molar-refractivity contribution in [2.45, 2.75) is 70.6 Å². The van der Waals surface area contributed by atoms with E-state index in [4.69, 9.17) is 14.2 Å². The van der Waals surface area contributed by atoms with E-state index in [2.05, 4.69) is 41.4 Å². The summed E-state index contributed by atoms with van der Waals surface area (Å²) in [5.41, 5.74) is 5.29. The van der Waals surface area contributed by atoms with Gasteiger partial charge in [-0.2, -0.15) is 0 Å². The fourth-order valence-electron chi connectivity index (χ4n) is 7.47. The summed E-state index contributed by atoms with van der Waals surface area (Å²) in [5, 5.41) is 20.7. The molecule has 63 heavy (non-hydrogen) atoms. The molecule has 4 N–H and O–H groups in total. The van der Waals surface area contributed by atoms with Crippen molar-refractivity contribution in [1.29, 1.82) is 0 Å². The number of ether oxygens (including phenoxy) is 3. The number of carbonyl (C=O) groups is 4. The largest absolute Gasteiger partial charge is 0.494 e. The molecule has 17 heteroatoms. The highest BCUT2D eigenvalue weighted by Gasteiger charge is 2.39. The lowest BCUT2D eigenvalue weighted by Gasteiger charge is -2.29. The molecule has 4 amide bonds. The molecule has 5 aromatic rings. The summed E-state index contributed by atoms with van der Waals surface area (Å²) in [6, 6.07) is 21.7. The van der Waals surface area contributed by atoms with E-state index in [-0.39, 0.29) is 30.2 Å². The molecular formula is C46H54N10O7. The average Bonchev–Trinajstić information content (AvgIpc) is 3.83. The molecule has 1 fully saturated rings. The highest BCUT2D eigenvalue weighted by molar-refractivity contribution is 6.05. The van der Waals surface area contributed by atoms with E-state index in [0.29, 0.717) is 81.7 Å². The molecular weight excluding hydrogens is 805 g/mol. The van der Waals surface area contributed by atoms with Crippen LogP contribution < -0.4 is 26.0 Å². The van der Waals surface area contributed by atoms with Crippen LogP contribution in [0.3, 0.4) is 0 Å². The second kappa shape index (κ2) is 21.9. The predicted molar refractivity (Wildman–Crippen MR) is 235 cm³/mol. The highest BCUT2D eigenvalue weighted by atomic mass is 16.5. The quantitative estimate of drug-likeness (QED) is 0.0492. The van der Waals surface area contributed by atoms with Gasteiger partial charge in [-0.1, -0.05) is 24.6 Å². The van der Waals surface area contributed by atoms with E-state index < -0.39 is 11.9 Å². The second-order valence-electron chi connectivity index (χ2n) is 15.5. The molecule has 1 unspecified atom stereocenters. The van der Waals surface area contributed by atoms with Gasteiger partial charge < -0.3 is 39.6 Å². The van der Waals surface area contributed by atoms with E-state index in [9.17, 15) is 19.2 Å². The maximum Gasteiger partial charge on any atom is 0.255 e. The van der Waals surface area contributed by atoms with Gasteiger partial charge in [-0.05, 0) is 98.3 Å². The van der Waals surface area contributed by atoms with Crippen LogP contribution >= 0.6 is 0 Å². The van der Waals surface area contributed by atoms with E-state index in [1.807, 2.05) is 73.1 Å². The zero-order valence-electron chi connectivity index (χ0n) is 35.7. The molecule has 4 heterocycles. The molecule has 2 atom stereocenters. The monoisotopic (exact) mass is 858 g/mol. The zero-order valence-corrected chi connectivity index (χ0v) is 35.7. The van der Waals surface area contributed by atoms with Crippen molar-refractivity contribution in [3.63, 3.8) is 0 Å². The van der Waals surface area contributed by atoms with Crippen LogP contribution in [-0.2, 0) is 39.2 Å². The van der Waals surface area contributed by atoms with Gasteiger partial charge in [-0.15, -0.1) is 10.2 Å². The molecule has 2 aromatic heterocycles. The van der Waals surface area contributed by atoms with E-state index in [1.165, 1.54) is 6.33 Å². The number of piperidine rings is 1. The Hall–Kier alpha value is -6.72. The lowest BCUT2D eigenvalue weighted by Crippen LogP contribution is -2.52. The number of hydrogen-bond donors (Lipinski definition) is 4. The Labute approximate surface area is 366 Å². The summed E-state index contributed by atoms with van der Waals surface area (Å²) in [7, 11) is 1.89. The number of unbranched alkanes of at least 4 members (excludes halogenated alkanes) is 3. The Morgan fingerprint density at radius 3 is 2.51 bits per heavy atom. The minimum absolute atomic E-state index is 0.177. The van der Waals surface area contributed by atoms with Gasteiger partial charge >= 0.3 is 0 Å². The summed E-state index contributed by atoms with van der Waals surface area (Å²) in [4.78, 5) is 59.7. The summed E-state index contributed by atoms with van der Waals surface area (Å²) >= 11 is 0. The fraction of sp³-hybridized carbons (Fsp3) is 0.391.